The molecule has 2 heterocycles. The van der Waals surface area contributed by atoms with Crippen LogP contribution in [0, 0.1) is 6.92 Å². The zero-order valence-corrected chi connectivity index (χ0v) is 17.0. The summed E-state index contributed by atoms with van der Waals surface area (Å²) < 4.78 is 5.27. The Bertz CT molecular complexity index is 1000. The molecule has 1 fully saturated rings. The number of nitrogens with zero attached hydrogens (tertiary/aromatic N) is 2. The Labute approximate surface area is 172 Å². The number of amides is 1. The lowest BCUT2D eigenvalue weighted by atomic mass is 9.92. The van der Waals surface area contributed by atoms with Crippen molar-refractivity contribution in [1.29, 1.82) is 0 Å². The van der Waals surface area contributed by atoms with E-state index < -0.39 is 0 Å². The number of hydrogen-bond donors (Lipinski definition) is 0. The maximum atomic E-state index is 13.1. The molecule has 0 radical (unpaired) electrons. The third-order valence-corrected chi connectivity index (χ3v) is 5.52. The minimum atomic E-state index is 0.0598. The van der Waals surface area contributed by atoms with Gasteiger partial charge in [0, 0.05) is 36.0 Å². The highest BCUT2D eigenvalue weighted by Crippen LogP contribution is 2.30. The Morgan fingerprint density at radius 2 is 1.86 bits per heavy atom. The van der Waals surface area contributed by atoms with Crippen molar-refractivity contribution < 1.29 is 9.53 Å². The quantitative estimate of drug-likeness (QED) is 0.627. The lowest BCUT2D eigenvalue weighted by molar-refractivity contribution is 0.0705. The van der Waals surface area contributed by atoms with Crippen molar-refractivity contribution in [2.75, 3.05) is 20.2 Å². The van der Waals surface area contributed by atoms with E-state index in [2.05, 4.69) is 36.4 Å². The molecular formula is C25H26N2O2. The van der Waals surface area contributed by atoms with Crippen LogP contribution in [0.3, 0.4) is 0 Å². The van der Waals surface area contributed by atoms with E-state index in [0.717, 1.165) is 30.8 Å². The molecule has 1 aliphatic heterocycles. The maximum absolute atomic E-state index is 13.1. The number of ether oxygens (including phenoxy) is 1. The Balaban J connectivity index is 1.57. The topological polar surface area (TPSA) is 42.4 Å². The van der Waals surface area contributed by atoms with Gasteiger partial charge in [0.25, 0.3) is 5.91 Å². The molecule has 0 saturated carbocycles. The summed E-state index contributed by atoms with van der Waals surface area (Å²) in [6.45, 7) is 3.52. The van der Waals surface area contributed by atoms with Gasteiger partial charge in [0.1, 0.15) is 5.75 Å². The van der Waals surface area contributed by atoms with E-state index in [4.69, 9.17) is 9.72 Å². The summed E-state index contributed by atoms with van der Waals surface area (Å²) in [5.74, 6) is 1.02. The number of rotatable bonds is 4. The number of benzene rings is 2. The van der Waals surface area contributed by atoms with Crippen LogP contribution in [0.4, 0.5) is 0 Å². The summed E-state index contributed by atoms with van der Waals surface area (Å²) in [7, 11) is 1.62. The van der Waals surface area contributed by atoms with Crippen molar-refractivity contribution in [2.45, 2.75) is 25.7 Å². The molecule has 0 aliphatic carbocycles. The van der Waals surface area contributed by atoms with Crippen LogP contribution >= 0.6 is 0 Å². The molecule has 1 aromatic heterocycles. The minimum absolute atomic E-state index is 0.0598. The molecule has 29 heavy (non-hydrogen) atoms. The lowest BCUT2D eigenvalue weighted by Gasteiger charge is -2.33. The average Bonchev–Trinajstić information content (AvgIpc) is 2.79. The van der Waals surface area contributed by atoms with Gasteiger partial charge in [-0.15, -0.1) is 0 Å². The fourth-order valence-corrected chi connectivity index (χ4v) is 4.04. The van der Waals surface area contributed by atoms with Crippen molar-refractivity contribution in [1.82, 2.24) is 9.88 Å². The van der Waals surface area contributed by atoms with Gasteiger partial charge in [-0.2, -0.15) is 0 Å². The number of piperidine rings is 1. The first-order valence-electron chi connectivity index (χ1n) is 10.1. The van der Waals surface area contributed by atoms with Crippen LogP contribution in [-0.4, -0.2) is 36.0 Å². The largest absolute Gasteiger partial charge is 0.497 e. The fourth-order valence-electron chi connectivity index (χ4n) is 4.04. The van der Waals surface area contributed by atoms with Crippen LogP contribution in [0.15, 0.2) is 66.7 Å². The smallest absolute Gasteiger partial charge is 0.254 e. The third-order valence-electron chi connectivity index (χ3n) is 5.52. The van der Waals surface area contributed by atoms with E-state index in [1.54, 1.807) is 7.11 Å². The molecule has 1 atom stereocenters. The van der Waals surface area contributed by atoms with Gasteiger partial charge >= 0.3 is 0 Å². The molecule has 1 amide bonds. The lowest BCUT2D eigenvalue weighted by Crippen LogP contribution is -2.39. The molecule has 0 bridgehead atoms. The van der Waals surface area contributed by atoms with Crippen molar-refractivity contribution in [3.05, 3.63) is 83.7 Å². The first-order chi connectivity index (χ1) is 14.1. The van der Waals surface area contributed by atoms with Gasteiger partial charge < -0.3 is 9.64 Å². The number of carbonyl (C=O) groups excluding carboxylic acids is 1. The Morgan fingerprint density at radius 3 is 2.66 bits per heavy atom. The van der Waals surface area contributed by atoms with E-state index in [0.29, 0.717) is 17.9 Å². The number of likely N-dealkylation sites (tertiary alicyclic amines) is 1. The molecule has 2 aromatic carbocycles. The second-order valence-electron chi connectivity index (χ2n) is 7.61. The number of aryl methyl sites for hydroxylation is 1. The van der Waals surface area contributed by atoms with E-state index in [1.165, 1.54) is 11.1 Å². The highest BCUT2D eigenvalue weighted by atomic mass is 16.5. The summed E-state index contributed by atoms with van der Waals surface area (Å²) in [4.78, 5) is 19.8. The predicted octanol–water partition coefficient (Wildman–Crippen LogP) is 5.09. The Hall–Kier alpha value is -3.14. The van der Waals surface area contributed by atoms with Crippen LogP contribution in [0.25, 0.3) is 11.1 Å². The maximum Gasteiger partial charge on any atom is 0.254 e. The van der Waals surface area contributed by atoms with Gasteiger partial charge in [0.15, 0.2) is 0 Å². The standard InChI is InChI=1S/C25H26N2O2/c1-18-14-22(19-8-4-3-5-9-19)16-24(26-18)21-11-7-13-27(17-21)25(28)20-10-6-12-23(15-20)29-2/h3-6,8-10,12,14-16,21H,7,11,13,17H2,1-2H3/t21-/m0/s1. The number of pyridine rings is 1. The SMILES string of the molecule is COc1cccc(C(=O)N2CCC[C@H](c3cc(-c4ccccc4)cc(C)n3)C2)c1. The van der Waals surface area contributed by atoms with Gasteiger partial charge in [0.05, 0.1) is 7.11 Å². The van der Waals surface area contributed by atoms with Crippen LogP contribution in [0.5, 0.6) is 5.75 Å². The van der Waals surface area contributed by atoms with E-state index >= 15 is 0 Å². The molecule has 4 heteroatoms. The van der Waals surface area contributed by atoms with Crippen LogP contribution in [0.1, 0.15) is 40.5 Å². The zero-order chi connectivity index (χ0) is 20.2. The predicted molar refractivity (Wildman–Crippen MR) is 115 cm³/mol. The molecule has 3 aromatic rings. The molecular weight excluding hydrogens is 360 g/mol. The second kappa shape index (κ2) is 8.48. The highest BCUT2D eigenvalue weighted by Gasteiger charge is 2.27. The molecule has 148 valence electrons. The Kier molecular flexibility index (Phi) is 5.61. The number of aromatic nitrogens is 1. The zero-order valence-electron chi connectivity index (χ0n) is 17.0. The minimum Gasteiger partial charge on any atom is -0.497 e. The van der Waals surface area contributed by atoms with E-state index in [1.807, 2.05) is 42.2 Å². The first kappa shape index (κ1) is 19.2. The molecule has 0 N–H and O–H groups in total. The highest BCUT2D eigenvalue weighted by molar-refractivity contribution is 5.94. The normalized spacial score (nSPS) is 16.5. The summed E-state index contributed by atoms with van der Waals surface area (Å²) in [6, 6.07) is 22.1. The monoisotopic (exact) mass is 386 g/mol. The van der Waals surface area contributed by atoms with Crippen molar-refractivity contribution >= 4 is 5.91 Å². The van der Waals surface area contributed by atoms with Crippen LogP contribution in [-0.2, 0) is 0 Å². The van der Waals surface area contributed by atoms with Crippen LogP contribution in [0.2, 0.25) is 0 Å². The van der Waals surface area contributed by atoms with Gasteiger partial charge in [-0.05, 0) is 61.2 Å². The number of hydrogen-bond acceptors (Lipinski definition) is 3. The summed E-state index contributed by atoms with van der Waals surface area (Å²) in [6.07, 6.45) is 2.03. The van der Waals surface area contributed by atoms with Gasteiger partial charge in [-0.3, -0.25) is 9.78 Å². The molecule has 1 saturated heterocycles. The third kappa shape index (κ3) is 4.32. The molecule has 0 spiro atoms. The second-order valence-corrected chi connectivity index (χ2v) is 7.61. The van der Waals surface area contributed by atoms with Crippen molar-refractivity contribution in [2.24, 2.45) is 0 Å². The molecule has 4 nitrogen and oxygen atoms in total. The van der Waals surface area contributed by atoms with Gasteiger partial charge in [-0.1, -0.05) is 36.4 Å². The average molecular weight is 386 g/mol. The fraction of sp³-hybridized carbons (Fsp3) is 0.280. The molecule has 4 rings (SSSR count). The summed E-state index contributed by atoms with van der Waals surface area (Å²) in [5.41, 5.74) is 5.14. The van der Waals surface area contributed by atoms with E-state index in [9.17, 15) is 4.79 Å². The summed E-state index contributed by atoms with van der Waals surface area (Å²) >= 11 is 0. The summed E-state index contributed by atoms with van der Waals surface area (Å²) in [5, 5.41) is 0. The molecule has 1 aliphatic rings. The Morgan fingerprint density at radius 1 is 1.03 bits per heavy atom. The van der Waals surface area contributed by atoms with Crippen LogP contribution < -0.4 is 4.74 Å². The van der Waals surface area contributed by atoms with Crippen molar-refractivity contribution in [3.63, 3.8) is 0 Å². The van der Waals surface area contributed by atoms with Gasteiger partial charge in [-0.25, -0.2) is 0 Å². The number of methoxy groups -OCH3 is 1. The molecule has 0 unspecified atom stereocenters. The van der Waals surface area contributed by atoms with Crippen molar-refractivity contribution in [3.8, 4) is 16.9 Å². The van der Waals surface area contributed by atoms with E-state index in [-0.39, 0.29) is 11.8 Å². The number of carbonyl (C=O) groups is 1. The first-order valence-corrected chi connectivity index (χ1v) is 10.1. The van der Waals surface area contributed by atoms with Gasteiger partial charge in [0.2, 0.25) is 0 Å².